The highest BCUT2D eigenvalue weighted by molar-refractivity contribution is 7.91. The van der Waals surface area contributed by atoms with Crippen molar-refractivity contribution >= 4 is 28.4 Å². The van der Waals surface area contributed by atoms with Crippen LogP contribution in [-0.2, 0) is 11.2 Å². The number of imidazole rings is 2. The van der Waals surface area contributed by atoms with Crippen LogP contribution in [-0.4, -0.2) is 66.3 Å². The number of carbonyl (C=O) groups is 1. The summed E-state index contributed by atoms with van der Waals surface area (Å²) < 4.78 is 28.1. The van der Waals surface area contributed by atoms with Gasteiger partial charge in [-0.25, -0.2) is 13.9 Å². The van der Waals surface area contributed by atoms with Gasteiger partial charge in [0.05, 0.1) is 11.9 Å². The molecule has 0 spiro atoms. The van der Waals surface area contributed by atoms with Crippen molar-refractivity contribution in [3.63, 3.8) is 0 Å². The van der Waals surface area contributed by atoms with Gasteiger partial charge in [-0.3, -0.25) is 9.78 Å². The zero-order valence-corrected chi connectivity index (χ0v) is 22.9. The number of carbonyl (C=O) groups excluding carboxylic acids is 1. The molecule has 0 aliphatic carbocycles. The molecule has 202 valence electrons. The SMILES string of the molecule is Cc1ccc(NC(=O)c2nc([S+]([O-])CCN(C)C)[nH]c2-c2ccc(F)cc2)cc1C#Cc1cnc2cccnn12. The van der Waals surface area contributed by atoms with E-state index in [0.717, 1.165) is 11.1 Å². The maximum Gasteiger partial charge on any atom is 0.321 e. The fourth-order valence-electron chi connectivity index (χ4n) is 3.88. The molecule has 0 saturated heterocycles. The van der Waals surface area contributed by atoms with E-state index < -0.39 is 22.9 Å². The molecule has 0 radical (unpaired) electrons. The molecule has 1 amide bonds. The number of nitrogens with zero attached hydrogens (tertiary/aromatic N) is 5. The number of aromatic amines is 1. The molecule has 1 atom stereocenters. The van der Waals surface area contributed by atoms with Gasteiger partial charge in [-0.2, -0.15) is 10.1 Å². The predicted octanol–water partition coefficient (Wildman–Crippen LogP) is 3.89. The zero-order chi connectivity index (χ0) is 28.2. The molecule has 2 N–H and O–H groups in total. The van der Waals surface area contributed by atoms with Crippen LogP contribution in [0, 0.1) is 24.6 Å². The number of halogens is 1. The van der Waals surface area contributed by atoms with Crippen molar-refractivity contribution in [3.8, 4) is 23.1 Å². The fourth-order valence-corrected chi connectivity index (χ4v) is 5.02. The van der Waals surface area contributed by atoms with Crippen molar-refractivity contribution in [2.45, 2.75) is 12.1 Å². The third kappa shape index (κ3) is 6.05. The summed E-state index contributed by atoms with van der Waals surface area (Å²) in [5.41, 5.74) is 4.46. The highest BCUT2D eigenvalue weighted by Crippen LogP contribution is 2.26. The van der Waals surface area contributed by atoms with Crippen molar-refractivity contribution in [3.05, 3.63) is 95.3 Å². The number of H-pyrrole nitrogens is 1. The molecule has 0 aliphatic heterocycles. The first kappa shape index (κ1) is 27.1. The van der Waals surface area contributed by atoms with E-state index in [-0.39, 0.29) is 10.9 Å². The van der Waals surface area contributed by atoms with E-state index in [0.29, 0.717) is 40.6 Å². The minimum absolute atomic E-state index is 0.0600. The molecular weight excluding hydrogens is 529 g/mol. The Hall–Kier alpha value is -4.50. The second kappa shape index (κ2) is 11.7. The number of nitrogens with one attached hydrogen (secondary N) is 2. The summed E-state index contributed by atoms with van der Waals surface area (Å²) in [5, 5.41) is 7.33. The molecule has 2 aromatic carbocycles. The maximum atomic E-state index is 13.6. The van der Waals surface area contributed by atoms with E-state index in [9.17, 15) is 13.7 Å². The van der Waals surface area contributed by atoms with Gasteiger partial charge in [0.1, 0.15) is 17.3 Å². The standard InChI is InChI=1S/C29H26FN7O2S/c1-19-6-12-23(17-21(19)9-13-24-18-31-25-5-4-14-32-37(24)25)33-28(38)27-26(20-7-10-22(30)11-8-20)34-29(35-27)40(39)16-15-36(2)3/h4-8,10-12,14,17-18H,15-16H2,1-3H3,(H,33,38)(H,34,35). The molecule has 0 bridgehead atoms. The normalized spacial score (nSPS) is 11.8. The minimum atomic E-state index is -1.46. The van der Waals surface area contributed by atoms with E-state index in [1.807, 2.05) is 38.1 Å². The van der Waals surface area contributed by atoms with Gasteiger partial charge in [-0.1, -0.05) is 12.0 Å². The number of hydrogen-bond donors (Lipinski definition) is 2. The Bertz CT molecular complexity index is 1730. The average Bonchev–Trinajstić information content (AvgIpc) is 3.57. The van der Waals surface area contributed by atoms with Gasteiger partial charge in [0.25, 0.3) is 5.91 Å². The number of hydrogen-bond acceptors (Lipinski definition) is 6. The van der Waals surface area contributed by atoms with Gasteiger partial charge in [-0.05, 0) is 81.0 Å². The lowest BCUT2D eigenvalue weighted by atomic mass is 10.1. The Kier molecular flexibility index (Phi) is 7.93. The second-order valence-corrected chi connectivity index (χ2v) is 10.8. The molecule has 0 fully saturated rings. The summed E-state index contributed by atoms with van der Waals surface area (Å²) in [4.78, 5) is 27.1. The molecular formula is C29H26FN7O2S. The molecule has 1 unspecified atom stereocenters. The first-order chi connectivity index (χ1) is 19.3. The van der Waals surface area contributed by atoms with E-state index >= 15 is 0 Å². The van der Waals surface area contributed by atoms with Gasteiger partial charge in [0.15, 0.2) is 11.3 Å². The van der Waals surface area contributed by atoms with Gasteiger partial charge >= 0.3 is 5.16 Å². The minimum Gasteiger partial charge on any atom is -0.609 e. The largest absolute Gasteiger partial charge is 0.609 e. The first-order valence-electron chi connectivity index (χ1n) is 12.4. The van der Waals surface area contributed by atoms with Gasteiger partial charge in [-0.15, -0.1) is 0 Å². The van der Waals surface area contributed by atoms with Gasteiger partial charge < -0.3 is 14.8 Å². The Morgan fingerprint density at radius 1 is 1.18 bits per heavy atom. The smallest absolute Gasteiger partial charge is 0.321 e. The predicted molar refractivity (Wildman–Crippen MR) is 152 cm³/mol. The molecule has 5 rings (SSSR count). The number of aryl methyl sites for hydroxylation is 1. The van der Waals surface area contributed by atoms with Crippen LogP contribution < -0.4 is 5.32 Å². The summed E-state index contributed by atoms with van der Waals surface area (Å²) in [5.74, 6) is 5.67. The van der Waals surface area contributed by atoms with Crippen LogP contribution in [0.3, 0.4) is 0 Å². The van der Waals surface area contributed by atoms with Crippen molar-refractivity contribution in [1.29, 1.82) is 0 Å². The molecule has 3 aromatic heterocycles. The number of amides is 1. The molecule has 9 nitrogen and oxygen atoms in total. The van der Waals surface area contributed by atoms with Crippen LogP contribution in [0.5, 0.6) is 0 Å². The Morgan fingerprint density at radius 3 is 2.75 bits per heavy atom. The van der Waals surface area contributed by atoms with Crippen LogP contribution in [0.1, 0.15) is 27.3 Å². The van der Waals surface area contributed by atoms with Gasteiger partial charge in [0.2, 0.25) is 0 Å². The quantitative estimate of drug-likeness (QED) is 0.233. The molecule has 40 heavy (non-hydrogen) atoms. The number of fused-ring (bicyclic) bond motifs is 1. The average molecular weight is 556 g/mol. The summed E-state index contributed by atoms with van der Waals surface area (Å²) in [6.45, 7) is 2.51. The Labute approximate surface area is 233 Å². The van der Waals surface area contributed by atoms with Crippen molar-refractivity contribution < 1.29 is 13.7 Å². The summed E-state index contributed by atoms with van der Waals surface area (Å²) in [6, 6.07) is 14.7. The van der Waals surface area contributed by atoms with Crippen molar-refractivity contribution in [2.75, 3.05) is 31.7 Å². The van der Waals surface area contributed by atoms with Crippen LogP contribution >= 0.6 is 0 Å². The van der Waals surface area contributed by atoms with E-state index in [1.54, 1.807) is 47.2 Å². The second-order valence-electron chi connectivity index (χ2n) is 9.30. The Morgan fingerprint density at radius 2 is 1.98 bits per heavy atom. The number of aromatic nitrogens is 5. The lowest BCUT2D eigenvalue weighted by molar-refractivity contribution is 0.102. The van der Waals surface area contributed by atoms with Crippen LogP contribution in [0.2, 0.25) is 0 Å². The number of anilines is 1. The molecule has 0 saturated carbocycles. The highest BCUT2D eigenvalue weighted by atomic mass is 32.2. The van der Waals surface area contributed by atoms with Crippen LogP contribution in [0.15, 0.2) is 72.1 Å². The summed E-state index contributed by atoms with van der Waals surface area (Å²) >= 11 is -1.46. The van der Waals surface area contributed by atoms with Crippen LogP contribution in [0.25, 0.3) is 16.9 Å². The summed E-state index contributed by atoms with van der Waals surface area (Å²) in [6.07, 6.45) is 3.32. The zero-order valence-electron chi connectivity index (χ0n) is 22.1. The van der Waals surface area contributed by atoms with Crippen molar-refractivity contribution in [2.24, 2.45) is 0 Å². The lowest BCUT2D eigenvalue weighted by Gasteiger charge is -2.11. The van der Waals surface area contributed by atoms with E-state index in [2.05, 4.69) is 37.2 Å². The monoisotopic (exact) mass is 555 g/mol. The third-order valence-electron chi connectivity index (χ3n) is 6.07. The topological polar surface area (TPSA) is 114 Å². The highest BCUT2D eigenvalue weighted by Gasteiger charge is 2.25. The fraction of sp³-hybridized carbons (Fsp3) is 0.172. The molecule has 3 heterocycles. The lowest BCUT2D eigenvalue weighted by Crippen LogP contribution is -2.22. The molecule has 0 aliphatic rings. The Balaban J connectivity index is 1.43. The summed E-state index contributed by atoms with van der Waals surface area (Å²) in [7, 11) is 3.77. The number of rotatable bonds is 7. The maximum absolute atomic E-state index is 13.6. The molecule has 5 aromatic rings. The van der Waals surface area contributed by atoms with Crippen LogP contribution in [0.4, 0.5) is 10.1 Å². The first-order valence-corrected chi connectivity index (χ1v) is 13.7. The van der Waals surface area contributed by atoms with Crippen molar-refractivity contribution in [1.82, 2.24) is 29.5 Å². The van der Waals surface area contributed by atoms with E-state index in [4.69, 9.17) is 0 Å². The number of benzene rings is 2. The third-order valence-corrected chi connectivity index (χ3v) is 7.25. The van der Waals surface area contributed by atoms with E-state index in [1.165, 1.54) is 12.1 Å². The van der Waals surface area contributed by atoms with Gasteiger partial charge in [0, 0.05) is 40.7 Å². The molecule has 11 heteroatoms.